The van der Waals surface area contributed by atoms with Gasteiger partial charge in [0.15, 0.2) is 5.51 Å². The van der Waals surface area contributed by atoms with Crippen molar-refractivity contribution in [2.45, 2.75) is 0 Å². The maximum Gasteiger partial charge on any atom is 0.296 e. The first kappa shape index (κ1) is 14.7. The van der Waals surface area contributed by atoms with Gasteiger partial charge in [-0.3, -0.25) is 0 Å². The largest absolute Gasteiger partial charge is 1.00 e. The maximum atomic E-state index is 4.47. The number of nitrogens with zero attached hydrogens (tertiary/aromatic N) is 2. The summed E-state index contributed by atoms with van der Waals surface area (Å²) < 4.78 is 2.01. The molecule has 4 rings (SSSR count). The summed E-state index contributed by atoms with van der Waals surface area (Å²) in [7, 11) is 0. The average Bonchev–Trinajstić information content (AvgIpc) is 3.04. The molecule has 108 valence electrons. The summed E-state index contributed by atoms with van der Waals surface area (Å²) in [5.74, 6) is 0. The van der Waals surface area contributed by atoms with E-state index in [-0.39, 0.29) is 12.4 Å². The lowest BCUT2D eigenvalue weighted by Crippen LogP contribution is -3.00. The van der Waals surface area contributed by atoms with Crippen LogP contribution in [0.25, 0.3) is 27.2 Å². The van der Waals surface area contributed by atoms with Crippen LogP contribution in [-0.4, -0.2) is 5.10 Å². The van der Waals surface area contributed by atoms with E-state index in [9.17, 15) is 0 Å². The van der Waals surface area contributed by atoms with Crippen molar-refractivity contribution in [1.82, 2.24) is 5.10 Å². The van der Waals surface area contributed by atoms with E-state index in [1.807, 2.05) is 22.2 Å². The van der Waals surface area contributed by atoms with Gasteiger partial charge in [-0.1, -0.05) is 48.5 Å². The fourth-order valence-electron chi connectivity index (χ4n) is 2.50. The third-order valence-electron chi connectivity index (χ3n) is 3.52. The van der Waals surface area contributed by atoms with E-state index >= 15 is 0 Å². The molecule has 2 nitrogen and oxygen atoms in total. The molecule has 0 bridgehead atoms. The van der Waals surface area contributed by atoms with Crippen molar-refractivity contribution in [2.75, 3.05) is 0 Å². The Bertz CT molecular complexity index is 889. The second-order valence-electron chi connectivity index (χ2n) is 4.85. The number of halogens is 1. The lowest BCUT2D eigenvalue weighted by molar-refractivity contribution is -0.564. The highest BCUT2D eigenvalue weighted by Gasteiger charge is 2.18. The number of fused-ring (bicyclic) bond motifs is 1. The van der Waals surface area contributed by atoms with Gasteiger partial charge in [-0.15, -0.1) is 0 Å². The van der Waals surface area contributed by atoms with Crippen molar-refractivity contribution >= 4 is 16.2 Å². The van der Waals surface area contributed by atoms with Crippen molar-refractivity contribution in [3.05, 3.63) is 78.3 Å². The van der Waals surface area contributed by atoms with Gasteiger partial charge in [0.2, 0.25) is 5.69 Å². The molecule has 2 aromatic heterocycles. The number of pyridine rings is 1. The van der Waals surface area contributed by atoms with Crippen molar-refractivity contribution in [3.63, 3.8) is 0 Å². The fraction of sp³-hybridized carbons (Fsp3) is 0. The standard InChI is InChI=1S/C18H13N2S.ClH/c1-3-7-14(8-4-1)16-11-17(15-9-5-2-6-10-15)20-18(12-16)21-13-19-20;/h1-13H;1H/q+1;/p-1. The van der Waals surface area contributed by atoms with Crippen LogP contribution >= 0.6 is 11.3 Å². The van der Waals surface area contributed by atoms with Gasteiger partial charge in [0, 0.05) is 22.8 Å². The topological polar surface area (TPSA) is 17.0 Å². The molecule has 4 heteroatoms. The van der Waals surface area contributed by atoms with Crippen LogP contribution in [0.2, 0.25) is 0 Å². The third-order valence-corrected chi connectivity index (χ3v) is 4.25. The fourth-order valence-corrected chi connectivity index (χ4v) is 3.19. The summed E-state index contributed by atoms with van der Waals surface area (Å²) in [5, 5.41) is 4.47. The highest BCUT2D eigenvalue weighted by molar-refractivity contribution is 7.14. The molecule has 2 heterocycles. The van der Waals surface area contributed by atoms with Crippen LogP contribution in [0.1, 0.15) is 0 Å². The number of benzene rings is 2. The predicted octanol–water partition coefficient (Wildman–Crippen LogP) is 1.22. The number of aromatic nitrogens is 2. The van der Waals surface area contributed by atoms with Crippen LogP contribution in [0.5, 0.6) is 0 Å². The van der Waals surface area contributed by atoms with E-state index in [0.29, 0.717) is 0 Å². The Kier molecular flexibility index (Phi) is 4.18. The lowest BCUT2D eigenvalue weighted by Gasteiger charge is -2.02. The maximum absolute atomic E-state index is 4.47. The zero-order valence-electron chi connectivity index (χ0n) is 11.7. The molecular formula is C18H13ClN2S. The molecule has 0 unspecified atom stereocenters. The minimum absolute atomic E-state index is 0. The highest BCUT2D eigenvalue weighted by atomic mass is 35.5. The molecule has 0 fully saturated rings. The van der Waals surface area contributed by atoms with E-state index in [2.05, 4.69) is 65.8 Å². The van der Waals surface area contributed by atoms with Crippen LogP contribution in [0.4, 0.5) is 0 Å². The molecule has 0 radical (unpaired) electrons. The number of rotatable bonds is 2. The minimum atomic E-state index is 0. The van der Waals surface area contributed by atoms with E-state index in [4.69, 9.17) is 0 Å². The molecule has 0 aliphatic heterocycles. The second-order valence-corrected chi connectivity index (χ2v) is 5.71. The zero-order chi connectivity index (χ0) is 14.1. The monoisotopic (exact) mass is 324 g/mol. The molecule has 0 saturated carbocycles. The molecule has 0 amide bonds. The van der Waals surface area contributed by atoms with E-state index in [0.717, 1.165) is 10.5 Å². The van der Waals surface area contributed by atoms with E-state index in [1.165, 1.54) is 16.7 Å². The summed E-state index contributed by atoms with van der Waals surface area (Å²) in [4.78, 5) is 1.15. The quantitative estimate of drug-likeness (QED) is 0.507. The Hall–Kier alpha value is -2.23. The molecular weight excluding hydrogens is 312 g/mol. The number of hydrogen-bond donors (Lipinski definition) is 0. The Morgan fingerprint density at radius 1 is 0.727 bits per heavy atom. The smallest absolute Gasteiger partial charge is 0.296 e. The van der Waals surface area contributed by atoms with Crippen molar-refractivity contribution in [1.29, 1.82) is 0 Å². The molecule has 22 heavy (non-hydrogen) atoms. The van der Waals surface area contributed by atoms with E-state index in [1.54, 1.807) is 11.3 Å². The molecule has 0 aliphatic carbocycles. The van der Waals surface area contributed by atoms with Crippen LogP contribution in [0.3, 0.4) is 0 Å². The Morgan fingerprint density at radius 2 is 1.36 bits per heavy atom. The molecule has 4 aromatic rings. The second kappa shape index (κ2) is 6.26. The van der Waals surface area contributed by atoms with Crippen molar-refractivity contribution in [3.8, 4) is 22.4 Å². The zero-order valence-corrected chi connectivity index (χ0v) is 13.3. The summed E-state index contributed by atoms with van der Waals surface area (Å²) in [5.41, 5.74) is 6.63. The van der Waals surface area contributed by atoms with Gasteiger partial charge in [-0.2, -0.15) is 0 Å². The van der Waals surface area contributed by atoms with Crippen molar-refractivity contribution < 1.29 is 16.9 Å². The lowest BCUT2D eigenvalue weighted by atomic mass is 10.0. The molecule has 0 aliphatic rings. The predicted molar refractivity (Wildman–Crippen MR) is 86.1 cm³/mol. The van der Waals surface area contributed by atoms with Gasteiger partial charge in [0.05, 0.1) is 0 Å². The van der Waals surface area contributed by atoms with E-state index < -0.39 is 0 Å². The van der Waals surface area contributed by atoms with Crippen LogP contribution in [-0.2, 0) is 0 Å². The van der Waals surface area contributed by atoms with Gasteiger partial charge < -0.3 is 12.4 Å². The summed E-state index contributed by atoms with van der Waals surface area (Å²) in [6.45, 7) is 0. The van der Waals surface area contributed by atoms with Gasteiger partial charge in [0.1, 0.15) is 0 Å². The van der Waals surface area contributed by atoms with Crippen LogP contribution in [0.15, 0.2) is 78.3 Å². The first-order valence-corrected chi connectivity index (χ1v) is 7.70. The first-order chi connectivity index (χ1) is 10.4. The molecule has 0 saturated heterocycles. The Morgan fingerprint density at radius 3 is 2.05 bits per heavy atom. The minimum Gasteiger partial charge on any atom is -1.00 e. The third kappa shape index (κ3) is 2.61. The molecule has 2 aromatic carbocycles. The van der Waals surface area contributed by atoms with Gasteiger partial charge in [0.25, 0.3) is 4.83 Å². The van der Waals surface area contributed by atoms with Crippen molar-refractivity contribution in [2.24, 2.45) is 0 Å². The number of hydrogen-bond acceptors (Lipinski definition) is 2. The Balaban J connectivity index is 0.00000144. The first-order valence-electron chi connectivity index (χ1n) is 6.82. The van der Waals surface area contributed by atoms with Crippen LogP contribution < -0.4 is 16.9 Å². The van der Waals surface area contributed by atoms with Crippen LogP contribution in [0, 0.1) is 0 Å². The SMILES string of the molecule is [Cl-].c1ccc(-c2cc(-c3ccccc3)[n+]3ncsc3c2)cc1. The molecule has 0 N–H and O–H groups in total. The van der Waals surface area contributed by atoms with Gasteiger partial charge >= 0.3 is 0 Å². The summed E-state index contributed by atoms with van der Waals surface area (Å²) >= 11 is 1.66. The molecule has 0 spiro atoms. The van der Waals surface area contributed by atoms with Gasteiger partial charge in [-0.05, 0) is 39.1 Å². The summed E-state index contributed by atoms with van der Waals surface area (Å²) in [6.07, 6.45) is 0. The average molecular weight is 325 g/mol. The van der Waals surface area contributed by atoms with Gasteiger partial charge in [-0.25, -0.2) is 0 Å². The Labute approximate surface area is 139 Å². The highest BCUT2D eigenvalue weighted by Crippen LogP contribution is 2.26. The molecule has 0 atom stereocenters. The summed E-state index contributed by atoms with van der Waals surface area (Å²) in [6, 6.07) is 25.3. The normalized spacial score (nSPS) is 10.4.